The maximum atomic E-state index is 9.26. The zero-order valence-corrected chi connectivity index (χ0v) is 12.0. The Morgan fingerprint density at radius 1 is 1.15 bits per heavy atom. The van der Waals surface area contributed by atoms with Gasteiger partial charge in [0.2, 0.25) is 0 Å². The van der Waals surface area contributed by atoms with Crippen molar-refractivity contribution < 1.29 is 14.9 Å². The zero-order valence-electron chi connectivity index (χ0n) is 12.0. The Balaban J connectivity index is 1.91. The molecule has 20 heavy (non-hydrogen) atoms. The number of hydrogen-bond donors (Lipinski definition) is 3. The molecule has 0 aliphatic carbocycles. The molecular weight excluding hydrogens is 256 g/mol. The highest BCUT2D eigenvalue weighted by Crippen LogP contribution is 2.21. The Bertz CT molecular complexity index is 398. The van der Waals surface area contributed by atoms with Gasteiger partial charge in [0.1, 0.15) is 0 Å². The van der Waals surface area contributed by atoms with Crippen LogP contribution < -0.4 is 10.2 Å². The molecule has 1 aliphatic rings. The number of benzene rings is 1. The number of morpholine rings is 1. The first-order valence-electron chi connectivity index (χ1n) is 7.05. The molecule has 0 unspecified atom stereocenters. The molecule has 5 nitrogen and oxygen atoms in total. The average molecular weight is 280 g/mol. The second kappa shape index (κ2) is 6.92. The Hall–Kier alpha value is -1.30. The quantitative estimate of drug-likeness (QED) is 0.723. The fourth-order valence-electron chi connectivity index (χ4n) is 2.09. The van der Waals surface area contributed by atoms with Gasteiger partial charge < -0.3 is 25.2 Å². The van der Waals surface area contributed by atoms with Gasteiger partial charge in [-0.05, 0) is 24.3 Å². The Morgan fingerprint density at radius 3 is 2.30 bits per heavy atom. The summed E-state index contributed by atoms with van der Waals surface area (Å²) in [6.07, 6.45) is 0. The van der Waals surface area contributed by atoms with Crippen molar-refractivity contribution in [2.75, 3.05) is 56.3 Å². The monoisotopic (exact) mass is 280 g/mol. The molecule has 3 N–H and O–H groups in total. The summed E-state index contributed by atoms with van der Waals surface area (Å²) in [5.74, 6) is 0. The van der Waals surface area contributed by atoms with E-state index < -0.39 is 5.41 Å². The second-order valence-corrected chi connectivity index (χ2v) is 5.63. The highest BCUT2D eigenvalue weighted by atomic mass is 16.5. The van der Waals surface area contributed by atoms with Crippen LogP contribution in [0.4, 0.5) is 11.4 Å². The lowest BCUT2D eigenvalue weighted by Crippen LogP contribution is -2.36. The molecule has 1 aromatic rings. The maximum absolute atomic E-state index is 9.26. The van der Waals surface area contributed by atoms with Crippen LogP contribution in [0.25, 0.3) is 0 Å². The number of nitrogens with zero attached hydrogens (tertiary/aromatic N) is 1. The van der Waals surface area contributed by atoms with E-state index in [4.69, 9.17) is 4.74 Å². The van der Waals surface area contributed by atoms with Gasteiger partial charge >= 0.3 is 0 Å². The number of rotatable bonds is 6. The minimum Gasteiger partial charge on any atom is -0.396 e. The average Bonchev–Trinajstić information content (AvgIpc) is 2.54. The number of ether oxygens (including phenoxy) is 1. The molecule has 0 spiro atoms. The van der Waals surface area contributed by atoms with Crippen molar-refractivity contribution in [3.63, 3.8) is 0 Å². The number of nitrogens with one attached hydrogen (secondary N) is 1. The number of aliphatic hydroxyl groups is 2. The van der Waals surface area contributed by atoms with Gasteiger partial charge in [0.15, 0.2) is 0 Å². The normalized spacial score (nSPS) is 16.2. The predicted molar refractivity (Wildman–Crippen MR) is 80.2 cm³/mol. The Kier molecular flexibility index (Phi) is 5.23. The Morgan fingerprint density at radius 2 is 1.75 bits per heavy atom. The molecule has 0 radical (unpaired) electrons. The molecule has 112 valence electrons. The molecule has 1 fully saturated rings. The summed E-state index contributed by atoms with van der Waals surface area (Å²) in [5.41, 5.74) is 1.70. The van der Waals surface area contributed by atoms with Gasteiger partial charge in [-0.2, -0.15) is 0 Å². The summed E-state index contributed by atoms with van der Waals surface area (Å²) in [5, 5.41) is 21.8. The van der Waals surface area contributed by atoms with E-state index in [9.17, 15) is 10.2 Å². The second-order valence-electron chi connectivity index (χ2n) is 5.63. The van der Waals surface area contributed by atoms with Gasteiger partial charge in [0, 0.05) is 36.4 Å². The third kappa shape index (κ3) is 3.85. The molecule has 5 heteroatoms. The molecule has 2 rings (SSSR count). The Labute approximate surface area is 120 Å². The SMILES string of the molecule is CC(CO)(CO)CNc1ccc(N2CCOCC2)cc1. The van der Waals surface area contributed by atoms with Crippen molar-refractivity contribution in [1.82, 2.24) is 0 Å². The standard InChI is InChI=1S/C15H24N2O3/c1-15(11-18,12-19)10-16-13-2-4-14(5-3-13)17-6-8-20-9-7-17/h2-5,16,18-19H,6-12H2,1H3. The molecule has 0 aromatic heterocycles. The van der Waals surface area contributed by atoms with Crippen LogP contribution in [0.15, 0.2) is 24.3 Å². The summed E-state index contributed by atoms with van der Waals surface area (Å²) >= 11 is 0. The first kappa shape index (κ1) is 15.1. The first-order chi connectivity index (χ1) is 9.67. The summed E-state index contributed by atoms with van der Waals surface area (Å²) in [7, 11) is 0. The van der Waals surface area contributed by atoms with Gasteiger partial charge in [0.05, 0.1) is 26.4 Å². The van der Waals surface area contributed by atoms with Crippen molar-refractivity contribution in [2.24, 2.45) is 5.41 Å². The number of aliphatic hydroxyl groups excluding tert-OH is 2. The zero-order chi connectivity index (χ0) is 14.4. The molecule has 0 atom stereocenters. The van der Waals surface area contributed by atoms with E-state index in [0.717, 1.165) is 32.0 Å². The third-order valence-corrected chi connectivity index (χ3v) is 3.73. The van der Waals surface area contributed by atoms with Crippen molar-refractivity contribution >= 4 is 11.4 Å². The van der Waals surface area contributed by atoms with E-state index in [1.807, 2.05) is 19.1 Å². The van der Waals surface area contributed by atoms with E-state index in [0.29, 0.717) is 6.54 Å². The highest BCUT2D eigenvalue weighted by molar-refractivity contribution is 5.55. The minimum absolute atomic E-state index is 0.0393. The van der Waals surface area contributed by atoms with E-state index in [2.05, 4.69) is 22.3 Å². The molecule has 0 amide bonds. The smallest absolute Gasteiger partial charge is 0.0642 e. The molecule has 0 bridgehead atoms. The summed E-state index contributed by atoms with van der Waals surface area (Å²) in [6.45, 7) is 5.74. The van der Waals surface area contributed by atoms with Crippen LogP contribution >= 0.6 is 0 Å². The van der Waals surface area contributed by atoms with Crippen LogP contribution in [0, 0.1) is 5.41 Å². The van der Waals surface area contributed by atoms with Crippen LogP contribution in [0.5, 0.6) is 0 Å². The third-order valence-electron chi connectivity index (χ3n) is 3.73. The molecular formula is C15H24N2O3. The fraction of sp³-hybridized carbons (Fsp3) is 0.600. The lowest BCUT2D eigenvalue weighted by Gasteiger charge is -2.29. The van der Waals surface area contributed by atoms with Gasteiger partial charge in [-0.3, -0.25) is 0 Å². The van der Waals surface area contributed by atoms with E-state index in [1.165, 1.54) is 5.69 Å². The number of hydrogen-bond acceptors (Lipinski definition) is 5. The fourth-order valence-corrected chi connectivity index (χ4v) is 2.09. The van der Waals surface area contributed by atoms with Crippen LogP contribution in [-0.2, 0) is 4.74 Å². The summed E-state index contributed by atoms with van der Waals surface area (Å²) < 4.78 is 5.34. The molecule has 1 heterocycles. The van der Waals surface area contributed by atoms with Crippen LogP contribution in [0.2, 0.25) is 0 Å². The maximum Gasteiger partial charge on any atom is 0.0642 e. The first-order valence-corrected chi connectivity index (χ1v) is 7.05. The van der Waals surface area contributed by atoms with Gasteiger partial charge in [-0.15, -0.1) is 0 Å². The van der Waals surface area contributed by atoms with E-state index >= 15 is 0 Å². The van der Waals surface area contributed by atoms with Gasteiger partial charge in [-0.1, -0.05) is 6.92 Å². The summed E-state index contributed by atoms with van der Waals surface area (Å²) in [4.78, 5) is 2.30. The highest BCUT2D eigenvalue weighted by Gasteiger charge is 2.22. The topological polar surface area (TPSA) is 65.0 Å². The van der Waals surface area contributed by atoms with Crippen molar-refractivity contribution in [3.05, 3.63) is 24.3 Å². The van der Waals surface area contributed by atoms with Crippen molar-refractivity contribution in [1.29, 1.82) is 0 Å². The number of anilines is 2. The van der Waals surface area contributed by atoms with Crippen molar-refractivity contribution in [3.8, 4) is 0 Å². The van der Waals surface area contributed by atoms with Crippen LogP contribution in [0.1, 0.15) is 6.92 Å². The molecule has 0 saturated carbocycles. The van der Waals surface area contributed by atoms with Gasteiger partial charge in [0.25, 0.3) is 0 Å². The van der Waals surface area contributed by atoms with Crippen LogP contribution in [-0.4, -0.2) is 56.3 Å². The lowest BCUT2D eigenvalue weighted by atomic mass is 9.93. The van der Waals surface area contributed by atoms with Crippen molar-refractivity contribution in [2.45, 2.75) is 6.92 Å². The van der Waals surface area contributed by atoms with E-state index in [1.54, 1.807) is 0 Å². The molecule has 1 saturated heterocycles. The largest absolute Gasteiger partial charge is 0.396 e. The minimum atomic E-state index is -0.497. The lowest BCUT2D eigenvalue weighted by molar-refractivity contribution is 0.0806. The van der Waals surface area contributed by atoms with E-state index in [-0.39, 0.29) is 13.2 Å². The summed E-state index contributed by atoms with van der Waals surface area (Å²) in [6, 6.07) is 8.23. The molecule has 1 aromatic carbocycles. The van der Waals surface area contributed by atoms with Crippen LogP contribution in [0.3, 0.4) is 0 Å². The molecule has 1 aliphatic heterocycles. The predicted octanol–water partition coefficient (Wildman–Crippen LogP) is 0.926. The van der Waals surface area contributed by atoms with Gasteiger partial charge in [-0.25, -0.2) is 0 Å².